The Balaban J connectivity index is 2.35. The van der Waals surface area contributed by atoms with Crippen LogP contribution in [0.25, 0.3) is 0 Å². The van der Waals surface area contributed by atoms with Crippen molar-refractivity contribution in [1.29, 1.82) is 0 Å². The molecule has 0 aromatic heterocycles. The van der Waals surface area contributed by atoms with Gasteiger partial charge in [0.05, 0.1) is 18.4 Å². The number of amides is 1. The van der Waals surface area contributed by atoms with Crippen LogP contribution < -0.4 is 10.1 Å². The van der Waals surface area contributed by atoms with Crippen molar-refractivity contribution < 1.29 is 19.4 Å². The van der Waals surface area contributed by atoms with Crippen molar-refractivity contribution in [1.82, 2.24) is 5.32 Å². The number of benzene rings is 1. The van der Waals surface area contributed by atoms with Crippen LogP contribution in [0, 0.1) is 19.3 Å². The van der Waals surface area contributed by atoms with E-state index in [9.17, 15) is 9.59 Å². The molecule has 5 heteroatoms. The van der Waals surface area contributed by atoms with E-state index in [-0.39, 0.29) is 25.5 Å². The third-order valence-electron chi connectivity index (χ3n) is 3.10. The molecule has 0 radical (unpaired) electrons. The summed E-state index contributed by atoms with van der Waals surface area (Å²) in [7, 11) is 0. The molecule has 2 N–H and O–H groups in total. The molecule has 1 rings (SSSR count). The Labute approximate surface area is 125 Å². The van der Waals surface area contributed by atoms with Gasteiger partial charge in [-0.3, -0.25) is 9.59 Å². The van der Waals surface area contributed by atoms with Gasteiger partial charge in [0.15, 0.2) is 0 Å². The van der Waals surface area contributed by atoms with E-state index in [0.29, 0.717) is 0 Å². The number of carboxylic acid groups (broad SMARTS) is 1. The van der Waals surface area contributed by atoms with E-state index in [1.807, 2.05) is 32.0 Å². The zero-order valence-corrected chi connectivity index (χ0v) is 13.0. The van der Waals surface area contributed by atoms with E-state index in [1.54, 1.807) is 13.8 Å². The summed E-state index contributed by atoms with van der Waals surface area (Å²) >= 11 is 0. The van der Waals surface area contributed by atoms with Crippen molar-refractivity contribution in [2.24, 2.45) is 5.41 Å². The van der Waals surface area contributed by atoms with Crippen LogP contribution in [0.3, 0.4) is 0 Å². The van der Waals surface area contributed by atoms with Gasteiger partial charge in [-0.2, -0.15) is 0 Å². The van der Waals surface area contributed by atoms with E-state index < -0.39 is 11.4 Å². The molecule has 0 aliphatic rings. The fourth-order valence-electron chi connectivity index (χ4n) is 1.76. The van der Waals surface area contributed by atoms with Crippen LogP contribution in [0.5, 0.6) is 5.75 Å². The van der Waals surface area contributed by atoms with Gasteiger partial charge in [0.25, 0.3) is 0 Å². The summed E-state index contributed by atoms with van der Waals surface area (Å²) in [6.45, 7) is 7.48. The van der Waals surface area contributed by atoms with Gasteiger partial charge in [-0.05, 0) is 51.0 Å². The van der Waals surface area contributed by atoms with E-state index in [4.69, 9.17) is 9.84 Å². The molecule has 1 amide bonds. The summed E-state index contributed by atoms with van der Waals surface area (Å²) in [6.07, 6.45) is 0.197. The first-order valence-corrected chi connectivity index (χ1v) is 6.92. The minimum Gasteiger partial charge on any atom is -0.493 e. The average Bonchev–Trinajstić information content (AvgIpc) is 2.35. The van der Waals surface area contributed by atoms with Crippen LogP contribution in [0.2, 0.25) is 0 Å². The highest BCUT2D eigenvalue weighted by Gasteiger charge is 2.27. The Morgan fingerprint density at radius 1 is 1.19 bits per heavy atom. The van der Waals surface area contributed by atoms with E-state index in [1.165, 1.54) is 0 Å². The molecule has 5 nitrogen and oxygen atoms in total. The van der Waals surface area contributed by atoms with E-state index >= 15 is 0 Å². The molecular weight excluding hydrogens is 270 g/mol. The lowest BCUT2D eigenvalue weighted by atomic mass is 9.94. The smallest absolute Gasteiger partial charge is 0.310 e. The third kappa shape index (κ3) is 5.85. The molecule has 0 fully saturated rings. The second kappa shape index (κ2) is 7.11. The summed E-state index contributed by atoms with van der Waals surface area (Å²) in [4.78, 5) is 22.6. The number of ether oxygens (including phenoxy) is 1. The lowest BCUT2D eigenvalue weighted by Gasteiger charge is -2.19. The quantitative estimate of drug-likeness (QED) is 0.809. The molecule has 0 aliphatic carbocycles. The van der Waals surface area contributed by atoms with Crippen LogP contribution in [0.1, 0.15) is 31.4 Å². The number of aliphatic carboxylic acids is 1. The number of nitrogens with one attached hydrogen (secondary N) is 1. The number of carbonyl (C=O) groups excluding carboxylic acids is 1. The number of rotatable bonds is 7. The second-order valence-corrected chi connectivity index (χ2v) is 5.89. The lowest BCUT2D eigenvalue weighted by Crippen LogP contribution is -2.39. The van der Waals surface area contributed by atoms with E-state index in [2.05, 4.69) is 5.32 Å². The van der Waals surface area contributed by atoms with Gasteiger partial charge in [-0.1, -0.05) is 6.07 Å². The summed E-state index contributed by atoms with van der Waals surface area (Å²) in [5.41, 5.74) is 1.25. The zero-order valence-electron chi connectivity index (χ0n) is 13.0. The van der Waals surface area contributed by atoms with Gasteiger partial charge < -0.3 is 15.2 Å². The molecule has 1 aromatic carbocycles. The first-order valence-electron chi connectivity index (χ1n) is 6.92. The maximum absolute atomic E-state index is 11.7. The number of hydrogen-bond donors (Lipinski definition) is 2. The van der Waals surface area contributed by atoms with Gasteiger partial charge in [0.2, 0.25) is 5.91 Å². The maximum Gasteiger partial charge on any atom is 0.310 e. The van der Waals surface area contributed by atoms with E-state index in [0.717, 1.165) is 16.9 Å². The summed E-state index contributed by atoms with van der Waals surface area (Å²) in [5.74, 6) is -0.408. The van der Waals surface area contributed by atoms with Crippen molar-refractivity contribution >= 4 is 11.9 Å². The molecule has 0 atom stereocenters. The molecule has 0 saturated heterocycles. The topological polar surface area (TPSA) is 75.6 Å². The van der Waals surface area contributed by atoms with Crippen molar-refractivity contribution in [3.63, 3.8) is 0 Å². The number of aryl methyl sites for hydroxylation is 2. The molecule has 1 aromatic rings. The summed E-state index contributed by atoms with van der Waals surface area (Å²) < 4.78 is 5.54. The highest BCUT2D eigenvalue weighted by atomic mass is 16.5. The summed E-state index contributed by atoms with van der Waals surface area (Å²) in [5, 5.41) is 11.6. The van der Waals surface area contributed by atoms with Crippen molar-refractivity contribution in [3.05, 3.63) is 29.3 Å². The zero-order chi connectivity index (χ0) is 16.0. The molecule has 0 bridgehead atoms. The normalized spacial score (nSPS) is 11.0. The third-order valence-corrected chi connectivity index (χ3v) is 3.10. The van der Waals surface area contributed by atoms with Crippen molar-refractivity contribution in [2.75, 3.05) is 13.2 Å². The fourth-order valence-corrected chi connectivity index (χ4v) is 1.76. The Hall–Kier alpha value is -2.04. The monoisotopic (exact) mass is 293 g/mol. The molecule has 0 spiro atoms. The second-order valence-electron chi connectivity index (χ2n) is 5.89. The molecule has 0 heterocycles. The summed E-state index contributed by atoms with van der Waals surface area (Å²) in [6, 6.07) is 5.88. The minimum absolute atomic E-state index is 0.102. The van der Waals surface area contributed by atoms with Crippen molar-refractivity contribution in [3.8, 4) is 5.75 Å². The molecule has 0 saturated carbocycles. The Bertz CT molecular complexity index is 503. The first kappa shape index (κ1) is 17.0. The SMILES string of the molecule is Cc1cc(C)cc(OCCC(=O)NCC(C)(C)C(=O)O)c1. The molecule has 21 heavy (non-hydrogen) atoms. The Morgan fingerprint density at radius 2 is 1.76 bits per heavy atom. The fraction of sp³-hybridized carbons (Fsp3) is 0.500. The lowest BCUT2D eigenvalue weighted by molar-refractivity contribution is -0.146. The Kier molecular flexibility index (Phi) is 5.76. The number of carbonyl (C=O) groups is 2. The highest BCUT2D eigenvalue weighted by molar-refractivity contribution is 5.78. The van der Waals surface area contributed by atoms with Gasteiger partial charge in [0.1, 0.15) is 5.75 Å². The van der Waals surface area contributed by atoms with Gasteiger partial charge >= 0.3 is 5.97 Å². The minimum atomic E-state index is -0.968. The van der Waals surface area contributed by atoms with Crippen LogP contribution in [-0.2, 0) is 9.59 Å². The highest BCUT2D eigenvalue weighted by Crippen LogP contribution is 2.16. The standard InChI is InChI=1S/C16H23NO4/c1-11-7-12(2)9-13(8-11)21-6-5-14(18)17-10-16(3,4)15(19)20/h7-9H,5-6,10H2,1-4H3,(H,17,18)(H,19,20). The van der Waals surface area contributed by atoms with Gasteiger partial charge in [-0.25, -0.2) is 0 Å². The number of carboxylic acids is 1. The van der Waals surface area contributed by atoms with Gasteiger partial charge in [0, 0.05) is 6.54 Å². The average molecular weight is 293 g/mol. The molecule has 0 aliphatic heterocycles. The van der Waals surface area contributed by atoms with Crippen LogP contribution in [0.4, 0.5) is 0 Å². The molecule has 116 valence electrons. The first-order chi connectivity index (χ1) is 9.70. The van der Waals surface area contributed by atoms with Crippen LogP contribution in [-0.4, -0.2) is 30.1 Å². The van der Waals surface area contributed by atoms with Crippen molar-refractivity contribution in [2.45, 2.75) is 34.1 Å². The molecule has 0 unspecified atom stereocenters. The van der Waals surface area contributed by atoms with Gasteiger partial charge in [-0.15, -0.1) is 0 Å². The predicted octanol–water partition coefficient (Wildman–Crippen LogP) is 2.30. The van der Waals surface area contributed by atoms with Crippen LogP contribution in [0.15, 0.2) is 18.2 Å². The molecular formula is C16H23NO4. The Morgan fingerprint density at radius 3 is 2.29 bits per heavy atom. The van der Waals surface area contributed by atoms with Crippen LogP contribution >= 0.6 is 0 Å². The maximum atomic E-state index is 11.7. The predicted molar refractivity (Wildman–Crippen MR) is 80.5 cm³/mol. The number of hydrogen-bond acceptors (Lipinski definition) is 3. The largest absolute Gasteiger partial charge is 0.493 e.